The molecule has 1 aromatic carbocycles. The minimum atomic E-state index is -0.488. The molecule has 1 atom stereocenters. The van der Waals surface area contributed by atoms with Crippen LogP contribution in [0.5, 0.6) is 0 Å². The molecule has 1 heterocycles. The van der Waals surface area contributed by atoms with Crippen LogP contribution in [0.1, 0.15) is 5.56 Å². The molecule has 0 saturated carbocycles. The fourth-order valence-electron chi connectivity index (χ4n) is 1.57. The summed E-state index contributed by atoms with van der Waals surface area (Å²) >= 11 is 3.33. The van der Waals surface area contributed by atoms with Gasteiger partial charge < -0.3 is 4.74 Å². The summed E-state index contributed by atoms with van der Waals surface area (Å²) < 4.78 is 6.01. The topological polar surface area (TPSA) is 87.4 Å². The van der Waals surface area contributed by atoms with Gasteiger partial charge in [-0.15, -0.1) is 0 Å². The van der Waals surface area contributed by atoms with E-state index in [1.165, 1.54) is 0 Å². The van der Waals surface area contributed by atoms with Gasteiger partial charge in [0, 0.05) is 14.9 Å². The number of azide groups is 1. The number of halogens is 1. The van der Waals surface area contributed by atoms with Crippen molar-refractivity contribution in [2.75, 3.05) is 13.1 Å². The van der Waals surface area contributed by atoms with Gasteiger partial charge >= 0.3 is 5.97 Å². The molecular weight excluding hydrogens is 300 g/mol. The minimum absolute atomic E-state index is 0.109. The molecule has 92 valence electrons. The monoisotopic (exact) mass is 308 g/mol. The molecule has 1 aromatic rings. The molecule has 0 saturated heterocycles. The van der Waals surface area contributed by atoms with E-state index in [1.54, 1.807) is 12.1 Å². The van der Waals surface area contributed by atoms with E-state index < -0.39 is 12.1 Å². The third-order valence-corrected chi connectivity index (χ3v) is 2.86. The minimum Gasteiger partial charge on any atom is -0.456 e. The van der Waals surface area contributed by atoms with Crippen LogP contribution in [0, 0.1) is 0 Å². The van der Waals surface area contributed by atoms with E-state index in [2.05, 4.69) is 30.9 Å². The fourth-order valence-corrected chi connectivity index (χ4v) is 1.97. The third-order valence-electron chi connectivity index (χ3n) is 2.37. The first-order valence-corrected chi connectivity index (χ1v) is 6.02. The van der Waals surface area contributed by atoms with E-state index >= 15 is 0 Å². The van der Waals surface area contributed by atoms with Gasteiger partial charge in [0.25, 0.3) is 0 Å². The zero-order chi connectivity index (χ0) is 13.0. The summed E-state index contributed by atoms with van der Waals surface area (Å²) in [6, 6.07) is 7.27. The highest BCUT2D eigenvalue weighted by molar-refractivity contribution is 9.10. The molecule has 0 spiro atoms. The number of esters is 1. The van der Waals surface area contributed by atoms with Crippen molar-refractivity contribution in [3.8, 4) is 0 Å². The fraction of sp³-hybridized carbons (Fsp3) is 0.273. The number of cyclic esters (lactones) is 1. The third kappa shape index (κ3) is 2.88. The standard InChI is InChI=1S/C11H9BrN4O2/c12-8-3-1-2-7(4-8)10-11(17)18-9(5-14-10)6-15-16-13/h1-4,9H,5-6H2/t9-/m0/s1. The van der Waals surface area contributed by atoms with Crippen LogP contribution >= 0.6 is 15.9 Å². The summed E-state index contributed by atoms with van der Waals surface area (Å²) in [5, 5.41) is 3.37. The number of carbonyl (C=O) groups is 1. The van der Waals surface area contributed by atoms with E-state index in [0.29, 0.717) is 17.8 Å². The average molecular weight is 309 g/mol. The molecule has 0 N–H and O–H groups in total. The van der Waals surface area contributed by atoms with Crippen molar-refractivity contribution < 1.29 is 9.53 Å². The Morgan fingerprint density at radius 2 is 2.44 bits per heavy atom. The Labute approximate surface area is 111 Å². The van der Waals surface area contributed by atoms with Crippen LogP contribution in [0.3, 0.4) is 0 Å². The highest BCUT2D eigenvalue weighted by atomic mass is 79.9. The second-order valence-corrected chi connectivity index (χ2v) is 4.56. The van der Waals surface area contributed by atoms with Crippen LogP contribution in [-0.4, -0.2) is 30.9 Å². The van der Waals surface area contributed by atoms with Crippen LogP contribution in [0.15, 0.2) is 38.8 Å². The maximum absolute atomic E-state index is 11.8. The van der Waals surface area contributed by atoms with Crippen molar-refractivity contribution in [2.45, 2.75) is 6.10 Å². The molecule has 0 bridgehead atoms. The maximum atomic E-state index is 11.8. The van der Waals surface area contributed by atoms with Crippen LogP contribution < -0.4 is 0 Å². The maximum Gasteiger partial charge on any atom is 0.357 e. The molecule has 0 aliphatic carbocycles. The second kappa shape index (κ2) is 5.66. The van der Waals surface area contributed by atoms with E-state index in [0.717, 1.165) is 4.47 Å². The quantitative estimate of drug-likeness (QED) is 0.371. The molecule has 18 heavy (non-hydrogen) atoms. The molecule has 0 amide bonds. The number of hydrogen-bond donors (Lipinski definition) is 0. The molecule has 1 aliphatic rings. The number of ether oxygens (including phenoxy) is 1. The van der Waals surface area contributed by atoms with Gasteiger partial charge in [-0.2, -0.15) is 0 Å². The van der Waals surface area contributed by atoms with Gasteiger partial charge in [-0.05, 0) is 17.7 Å². The molecule has 6 nitrogen and oxygen atoms in total. The van der Waals surface area contributed by atoms with Gasteiger partial charge in [0.1, 0.15) is 6.10 Å². The largest absolute Gasteiger partial charge is 0.456 e. The first-order valence-electron chi connectivity index (χ1n) is 5.23. The molecule has 2 rings (SSSR count). The Balaban J connectivity index is 2.18. The Hall–Kier alpha value is -1.85. The van der Waals surface area contributed by atoms with E-state index in [1.807, 2.05) is 12.1 Å². The number of aliphatic imine (C=N–C) groups is 1. The van der Waals surface area contributed by atoms with Gasteiger partial charge in [-0.1, -0.05) is 33.2 Å². The molecule has 7 heteroatoms. The molecule has 0 radical (unpaired) electrons. The Morgan fingerprint density at radius 3 is 3.11 bits per heavy atom. The number of benzene rings is 1. The summed E-state index contributed by atoms with van der Waals surface area (Å²) in [6.45, 7) is 0.421. The highest BCUT2D eigenvalue weighted by Crippen LogP contribution is 2.15. The molecule has 0 unspecified atom stereocenters. The van der Waals surface area contributed by atoms with Crippen molar-refractivity contribution in [2.24, 2.45) is 10.1 Å². The summed E-state index contributed by atoms with van der Waals surface area (Å²) in [5.41, 5.74) is 9.20. The lowest BCUT2D eigenvalue weighted by Gasteiger charge is -2.20. The van der Waals surface area contributed by atoms with Crippen molar-refractivity contribution in [1.29, 1.82) is 0 Å². The normalized spacial score (nSPS) is 18.6. The molecule has 1 aliphatic heterocycles. The van der Waals surface area contributed by atoms with Gasteiger partial charge in [0.05, 0.1) is 13.1 Å². The highest BCUT2D eigenvalue weighted by Gasteiger charge is 2.25. The Bertz CT molecular complexity index is 552. The molecular formula is C11H9BrN4O2. The SMILES string of the molecule is [N-]=[N+]=NC[C@@H]1CN=C(c2cccc(Br)c2)C(=O)O1. The molecule has 0 fully saturated rings. The first-order chi connectivity index (χ1) is 8.70. The number of carbonyl (C=O) groups excluding carboxylic acids is 1. The lowest BCUT2D eigenvalue weighted by molar-refractivity contribution is -0.140. The van der Waals surface area contributed by atoms with Crippen LogP contribution in [0.4, 0.5) is 0 Å². The van der Waals surface area contributed by atoms with E-state index in [9.17, 15) is 4.79 Å². The molecule has 0 aromatic heterocycles. The lowest BCUT2D eigenvalue weighted by atomic mass is 10.1. The van der Waals surface area contributed by atoms with Gasteiger partial charge in [0.2, 0.25) is 0 Å². The summed E-state index contributed by atoms with van der Waals surface area (Å²) in [7, 11) is 0. The van der Waals surface area contributed by atoms with Gasteiger partial charge in [-0.3, -0.25) is 4.99 Å². The first kappa shape index (κ1) is 12.6. The van der Waals surface area contributed by atoms with Crippen LogP contribution in [0.2, 0.25) is 0 Å². The second-order valence-electron chi connectivity index (χ2n) is 3.64. The predicted octanol–water partition coefficient (Wildman–Crippen LogP) is 2.47. The van der Waals surface area contributed by atoms with Crippen LogP contribution in [0.25, 0.3) is 10.4 Å². The smallest absolute Gasteiger partial charge is 0.357 e. The lowest BCUT2D eigenvalue weighted by Crippen LogP contribution is -2.34. The zero-order valence-electron chi connectivity index (χ0n) is 9.28. The van der Waals surface area contributed by atoms with Crippen molar-refractivity contribution in [3.63, 3.8) is 0 Å². The summed E-state index contributed by atoms with van der Waals surface area (Å²) in [4.78, 5) is 18.6. The van der Waals surface area contributed by atoms with Crippen molar-refractivity contribution in [3.05, 3.63) is 44.7 Å². The van der Waals surface area contributed by atoms with Crippen LogP contribution in [-0.2, 0) is 9.53 Å². The van der Waals surface area contributed by atoms with E-state index in [4.69, 9.17) is 10.3 Å². The Morgan fingerprint density at radius 1 is 1.61 bits per heavy atom. The Kier molecular flexibility index (Phi) is 3.96. The van der Waals surface area contributed by atoms with Gasteiger partial charge in [0.15, 0.2) is 5.71 Å². The number of rotatable bonds is 3. The average Bonchev–Trinajstić information content (AvgIpc) is 2.36. The van der Waals surface area contributed by atoms with Gasteiger partial charge in [-0.25, -0.2) is 4.79 Å². The van der Waals surface area contributed by atoms with Crippen molar-refractivity contribution in [1.82, 2.24) is 0 Å². The zero-order valence-corrected chi connectivity index (χ0v) is 10.9. The predicted molar refractivity (Wildman–Crippen MR) is 69.4 cm³/mol. The summed E-state index contributed by atoms with van der Waals surface area (Å²) in [5.74, 6) is -0.488. The van der Waals surface area contributed by atoms with Crippen molar-refractivity contribution >= 4 is 27.6 Å². The van der Waals surface area contributed by atoms with E-state index in [-0.39, 0.29) is 6.54 Å². The summed E-state index contributed by atoms with van der Waals surface area (Å²) in [6.07, 6.45) is -0.468. The number of hydrogen-bond acceptors (Lipinski definition) is 4. The number of nitrogens with zero attached hydrogens (tertiary/aromatic N) is 4.